The number of pyridine rings is 1. The van der Waals surface area contributed by atoms with Gasteiger partial charge in [-0.05, 0) is 42.3 Å². The Morgan fingerprint density at radius 2 is 2.05 bits per heavy atom. The first-order valence-corrected chi connectivity index (χ1v) is 8.20. The molecule has 0 spiro atoms. The van der Waals surface area contributed by atoms with E-state index in [9.17, 15) is 0 Å². The fraction of sp³-hybridized carbons (Fsp3) is 0.267. The number of benzene rings is 1. The highest BCUT2D eigenvalue weighted by Crippen LogP contribution is 2.32. The quantitative estimate of drug-likeness (QED) is 0.709. The summed E-state index contributed by atoms with van der Waals surface area (Å²) in [5.74, 6) is 1.76. The molecule has 0 aliphatic carbocycles. The first-order chi connectivity index (χ1) is 9.69. The van der Waals surface area contributed by atoms with Gasteiger partial charge in [-0.15, -0.1) is 11.8 Å². The lowest BCUT2D eigenvalue weighted by Gasteiger charge is -2.07. The van der Waals surface area contributed by atoms with E-state index in [1.807, 2.05) is 24.4 Å². The Bertz CT molecular complexity index is 576. The lowest BCUT2D eigenvalue weighted by molar-refractivity contribution is 0.968. The molecule has 0 amide bonds. The highest BCUT2D eigenvalue weighted by Gasteiger charge is 2.04. The summed E-state index contributed by atoms with van der Waals surface area (Å²) in [5, 5.41) is 4.73. The van der Waals surface area contributed by atoms with E-state index in [4.69, 9.17) is 23.2 Å². The molecule has 0 saturated heterocycles. The second-order valence-electron chi connectivity index (χ2n) is 4.34. The van der Waals surface area contributed by atoms with Crippen LogP contribution in [0.15, 0.2) is 41.4 Å². The van der Waals surface area contributed by atoms with Crippen molar-refractivity contribution < 1.29 is 0 Å². The van der Waals surface area contributed by atoms with Crippen LogP contribution in [0.1, 0.15) is 18.9 Å². The molecule has 0 aliphatic rings. The van der Waals surface area contributed by atoms with Crippen molar-refractivity contribution in [3.63, 3.8) is 0 Å². The molecule has 0 atom stereocenters. The Morgan fingerprint density at radius 3 is 2.85 bits per heavy atom. The second-order valence-corrected chi connectivity index (χ2v) is 6.20. The lowest BCUT2D eigenvalue weighted by Crippen LogP contribution is -2.01. The van der Waals surface area contributed by atoms with E-state index in [2.05, 4.69) is 23.3 Å². The van der Waals surface area contributed by atoms with Crippen molar-refractivity contribution in [3.8, 4) is 0 Å². The third-order valence-electron chi connectivity index (χ3n) is 2.67. The maximum absolute atomic E-state index is 6.16. The molecule has 1 N–H and O–H groups in total. The summed E-state index contributed by atoms with van der Waals surface area (Å²) in [6.07, 6.45) is 2.91. The summed E-state index contributed by atoms with van der Waals surface area (Å²) in [5.41, 5.74) is 1.21. The molecule has 0 unspecified atom stereocenters. The van der Waals surface area contributed by atoms with Crippen LogP contribution in [0.25, 0.3) is 0 Å². The second kappa shape index (κ2) is 7.77. The Morgan fingerprint density at radius 1 is 1.20 bits per heavy atom. The number of rotatable bonds is 6. The Labute approximate surface area is 133 Å². The Kier molecular flexibility index (Phi) is 6.02. The van der Waals surface area contributed by atoms with E-state index in [1.54, 1.807) is 17.8 Å². The third kappa shape index (κ3) is 4.58. The minimum absolute atomic E-state index is 0.705. The van der Waals surface area contributed by atoms with E-state index in [-0.39, 0.29) is 0 Å². The van der Waals surface area contributed by atoms with Crippen LogP contribution in [-0.4, -0.2) is 11.5 Å². The van der Waals surface area contributed by atoms with Gasteiger partial charge in [0.25, 0.3) is 0 Å². The first kappa shape index (κ1) is 15.5. The fourth-order valence-electron chi connectivity index (χ4n) is 1.66. The maximum Gasteiger partial charge on any atom is 0.126 e. The van der Waals surface area contributed by atoms with Crippen molar-refractivity contribution in [1.82, 2.24) is 4.98 Å². The molecule has 0 bridgehead atoms. The summed E-state index contributed by atoms with van der Waals surface area (Å²) in [7, 11) is 0. The number of hydrogen-bond acceptors (Lipinski definition) is 3. The van der Waals surface area contributed by atoms with Crippen molar-refractivity contribution in [2.45, 2.75) is 24.0 Å². The lowest BCUT2D eigenvalue weighted by atomic mass is 10.3. The number of nitrogens with one attached hydrogen (secondary N) is 1. The molecule has 2 aromatic rings. The molecular formula is C15H16Cl2N2S. The van der Waals surface area contributed by atoms with Gasteiger partial charge in [-0.3, -0.25) is 0 Å². The fourth-order valence-corrected chi connectivity index (χ4v) is 3.10. The molecule has 0 fully saturated rings. The summed E-state index contributed by atoms with van der Waals surface area (Å²) in [6, 6.07) is 9.61. The molecule has 2 rings (SSSR count). The van der Waals surface area contributed by atoms with Crippen LogP contribution in [0.2, 0.25) is 10.0 Å². The van der Waals surface area contributed by atoms with Crippen LogP contribution in [0.3, 0.4) is 0 Å². The van der Waals surface area contributed by atoms with Gasteiger partial charge in [0.1, 0.15) is 5.82 Å². The van der Waals surface area contributed by atoms with Crippen LogP contribution >= 0.6 is 35.0 Å². The van der Waals surface area contributed by atoms with Crippen molar-refractivity contribution in [3.05, 3.63) is 52.1 Å². The van der Waals surface area contributed by atoms with Gasteiger partial charge in [0.15, 0.2) is 0 Å². The van der Waals surface area contributed by atoms with Crippen molar-refractivity contribution in [1.29, 1.82) is 0 Å². The zero-order valence-corrected chi connectivity index (χ0v) is 13.5. The smallest absolute Gasteiger partial charge is 0.126 e. The monoisotopic (exact) mass is 326 g/mol. The number of thioether (sulfide) groups is 1. The van der Waals surface area contributed by atoms with E-state index in [0.29, 0.717) is 5.02 Å². The van der Waals surface area contributed by atoms with Gasteiger partial charge in [-0.2, -0.15) is 0 Å². The Hall–Kier alpha value is -0.900. The van der Waals surface area contributed by atoms with Gasteiger partial charge < -0.3 is 5.32 Å². The van der Waals surface area contributed by atoms with Crippen LogP contribution in [0.5, 0.6) is 0 Å². The third-order valence-corrected chi connectivity index (χ3v) is 4.47. The SMILES string of the molecule is CCCNc1cc(CSc2cc(Cl)ccc2Cl)ccn1. The molecule has 0 radical (unpaired) electrons. The molecule has 5 heteroatoms. The van der Waals surface area contributed by atoms with Crippen LogP contribution in [0.4, 0.5) is 5.82 Å². The molecule has 20 heavy (non-hydrogen) atoms. The zero-order chi connectivity index (χ0) is 14.4. The Balaban J connectivity index is 2.01. The normalized spacial score (nSPS) is 10.6. The standard InChI is InChI=1S/C15H16Cl2N2S/c1-2-6-18-15-8-11(5-7-19-15)10-20-14-9-12(16)3-4-13(14)17/h3-5,7-9H,2,6,10H2,1H3,(H,18,19). The predicted molar refractivity (Wildman–Crippen MR) is 89.0 cm³/mol. The minimum Gasteiger partial charge on any atom is -0.370 e. The number of hydrogen-bond donors (Lipinski definition) is 1. The average Bonchev–Trinajstić information content (AvgIpc) is 2.46. The topological polar surface area (TPSA) is 24.9 Å². The van der Waals surface area contributed by atoms with Crippen molar-refractivity contribution >= 4 is 40.8 Å². The molecule has 0 saturated carbocycles. The first-order valence-electron chi connectivity index (χ1n) is 6.45. The van der Waals surface area contributed by atoms with Gasteiger partial charge in [0.05, 0.1) is 5.02 Å². The van der Waals surface area contributed by atoms with E-state index in [1.165, 1.54) is 5.56 Å². The number of anilines is 1. The van der Waals surface area contributed by atoms with Gasteiger partial charge in [0.2, 0.25) is 0 Å². The van der Waals surface area contributed by atoms with Gasteiger partial charge in [-0.1, -0.05) is 30.1 Å². The largest absolute Gasteiger partial charge is 0.370 e. The van der Waals surface area contributed by atoms with Crippen molar-refractivity contribution in [2.75, 3.05) is 11.9 Å². The summed E-state index contributed by atoms with van der Waals surface area (Å²) in [4.78, 5) is 5.30. The highest BCUT2D eigenvalue weighted by atomic mass is 35.5. The number of nitrogens with zero attached hydrogens (tertiary/aromatic N) is 1. The van der Waals surface area contributed by atoms with E-state index < -0.39 is 0 Å². The van der Waals surface area contributed by atoms with Gasteiger partial charge in [-0.25, -0.2) is 4.98 Å². The molecule has 1 heterocycles. The molecule has 106 valence electrons. The zero-order valence-electron chi connectivity index (χ0n) is 11.2. The highest BCUT2D eigenvalue weighted by molar-refractivity contribution is 7.98. The summed E-state index contributed by atoms with van der Waals surface area (Å²) in [6.45, 7) is 3.07. The maximum atomic E-state index is 6.16. The van der Waals surface area contributed by atoms with Crippen LogP contribution in [0, 0.1) is 0 Å². The van der Waals surface area contributed by atoms with Crippen LogP contribution in [-0.2, 0) is 5.75 Å². The predicted octanol–water partition coefficient (Wildman–Crippen LogP) is 5.50. The van der Waals surface area contributed by atoms with E-state index >= 15 is 0 Å². The van der Waals surface area contributed by atoms with Crippen LogP contribution < -0.4 is 5.32 Å². The summed E-state index contributed by atoms with van der Waals surface area (Å²) >= 11 is 13.8. The van der Waals surface area contributed by atoms with Crippen molar-refractivity contribution in [2.24, 2.45) is 0 Å². The molecule has 1 aromatic carbocycles. The molecular weight excluding hydrogens is 311 g/mol. The number of aromatic nitrogens is 1. The number of halogens is 2. The molecule has 1 aromatic heterocycles. The molecule has 0 aliphatic heterocycles. The van der Waals surface area contributed by atoms with Gasteiger partial charge >= 0.3 is 0 Å². The minimum atomic E-state index is 0.705. The average molecular weight is 327 g/mol. The van der Waals surface area contributed by atoms with Gasteiger partial charge in [0, 0.05) is 28.4 Å². The van der Waals surface area contributed by atoms with E-state index in [0.717, 1.165) is 34.5 Å². The summed E-state index contributed by atoms with van der Waals surface area (Å²) < 4.78 is 0. The molecule has 2 nitrogen and oxygen atoms in total.